The standard InChI is InChI=1S/C28H26N2O4S/c1-3-18(2)27-29-23(17-35-27)16-34-24-12-11-20-14-22(10-9-21(20)15-24)26(31)30-25(28(32)33)13-19-7-5-4-6-8-19/h3-12,14-15,17-18,25H,1,13,16H2,2H3,(H,30,31)(H,32,33). The second-order valence-corrected chi connectivity index (χ2v) is 9.16. The highest BCUT2D eigenvalue weighted by Crippen LogP contribution is 2.25. The number of carboxylic acid groups (broad SMARTS) is 1. The number of carbonyl (C=O) groups is 2. The molecule has 1 heterocycles. The van der Waals surface area contributed by atoms with E-state index in [1.54, 1.807) is 23.5 Å². The third-order valence-corrected chi connectivity index (χ3v) is 6.75. The molecule has 2 atom stereocenters. The van der Waals surface area contributed by atoms with Gasteiger partial charge in [0.2, 0.25) is 0 Å². The molecular weight excluding hydrogens is 460 g/mol. The van der Waals surface area contributed by atoms with Crippen LogP contribution in [0, 0.1) is 0 Å². The Balaban J connectivity index is 1.42. The maximum Gasteiger partial charge on any atom is 0.326 e. The van der Waals surface area contributed by atoms with Crippen LogP contribution in [0.15, 0.2) is 84.8 Å². The van der Waals surface area contributed by atoms with E-state index in [0.717, 1.165) is 27.0 Å². The van der Waals surface area contributed by atoms with Crippen LogP contribution in [0.3, 0.4) is 0 Å². The number of carbonyl (C=O) groups excluding carboxylic acids is 1. The monoisotopic (exact) mass is 486 g/mol. The quantitative estimate of drug-likeness (QED) is 0.285. The normalized spacial score (nSPS) is 12.6. The summed E-state index contributed by atoms with van der Waals surface area (Å²) in [4.78, 5) is 29.1. The zero-order chi connectivity index (χ0) is 24.8. The minimum atomic E-state index is -1.07. The lowest BCUT2D eigenvalue weighted by atomic mass is 10.0. The summed E-state index contributed by atoms with van der Waals surface area (Å²) in [6.45, 7) is 6.23. The molecule has 0 aliphatic rings. The Morgan fingerprint density at radius 2 is 1.86 bits per heavy atom. The number of fused-ring (bicyclic) bond motifs is 1. The number of aliphatic carboxylic acids is 1. The minimum Gasteiger partial charge on any atom is -0.487 e. The fourth-order valence-electron chi connectivity index (χ4n) is 3.60. The molecule has 0 fully saturated rings. The van der Waals surface area contributed by atoms with Crippen molar-refractivity contribution >= 4 is 34.0 Å². The van der Waals surface area contributed by atoms with Crippen LogP contribution in [0.2, 0.25) is 0 Å². The fourth-order valence-corrected chi connectivity index (χ4v) is 4.46. The number of hydrogen-bond donors (Lipinski definition) is 2. The first-order chi connectivity index (χ1) is 16.9. The number of thiazole rings is 1. The predicted octanol–water partition coefficient (Wildman–Crippen LogP) is 5.59. The van der Waals surface area contributed by atoms with Crippen molar-refractivity contribution in [2.75, 3.05) is 0 Å². The largest absolute Gasteiger partial charge is 0.487 e. The molecule has 0 spiro atoms. The maximum absolute atomic E-state index is 12.8. The van der Waals surface area contributed by atoms with E-state index >= 15 is 0 Å². The number of allylic oxidation sites excluding steroid dienone is 1. The van der Waals surface area contributed by atoms with E-state index in [2.05, 4.69) is 23.8 Å². The Kier molecular flexibility index (Phi) is 7.57. The van der Waals surface area contributed by atoms with Crippen molar-refractivity contribution in [1.82, 2.24) is 10.3 Å². The lowest BCUT2D eigenvalue weighted by molar-refractivity contribution is -0.139. The van der Waals surface area contributed by atoms with Gasteiger partial charge in [-0.25, -0.2) is 9.78 Å². The zero-order valence-corrected chi connectivity index (χ0v) is 20.1. The maximum atomic E-state index is 12.8. The van der Waals surface area contributed by atoms with Crippen molar-refractivity contribution in [2.24, 2.45) is 0 Å². The van der Waals surface area contributed by atoms with Gasteiger partial charge < -0.3 is 15.2 Å². The number of ether oxygens (including phenoxy) is 1. The smallest absolute Gasteiger partial charge is 0.326 e. The summed E-state index contributed by atoms with van der Waals surface area (Å²) in [7, 11) is 0. The third kappa shape index (κ3) is 6.13. The summed E-state index contributed by atoms with van der Waals surface area (Å²) in [6, 6.07) is 19.1. The molecule has 4 aromatic rings. The molecule has 2 unspecified atom stereocenters. The molecule has 1 aromatic heterocycles. The number of nitrogens with zero attached hydrogens (tertiary/aromatic N) is 1. The van der Waals surface area contributed by atoms with Crippen molar-refractivity contribution in [2.45, 2.75) is 31.9 Å². The summed E-state index contributed by atoms with van der Waals surface area (Å²) >= 11 is 1.59. The molecule has 0 radical (unpaired) electrons. The average molecular weight is 487 g/mol. The molecule has 0 bridgehead atoms. The number of benzene rings is 3. The molecule has 1 amide bonds. The number of rotatable bonds is 10. The second kappa shape index (κ2) is 11.0. The molecule has 4 rings (SSSR count). The molecule has 6 nitrogen and oxygen atoms in total. The lowest BCUT2D eigenvalue weighted by Gasteiger charge is -2.15. The van der Waals surface area contributed by atoms with Gasteiger partial charge in [-0.05, 0) is 40.6 Å². The average Bonchev–Trinajstić information content (AvgIpc) is 3.36. The number of hydrogen-bond acceptors (Lipinski definition) is 5. The summed E-state index contributed by atoms with van der Waals surface area (Å²) < 4.78 is 5.91. The highest BCUT2D eigenvalue weighted by Gasteiger charge is 2.21. The van der Waals surface area contributed by atoms with Crippen LogP contribution in [0.4, 0.5) is 0 Å². The first-order valence-corrected chi connectivity index (χ1v) is 12.1. The predicted molar refractivity (Wildman–Crippen MR) is 138 cm³/mol. The van der Waals surface area contributed by atoms with Gasteiger partial charge in [-0.3, -0.25) is 4.79 Å². The van der Waals surface area contributed by atoms with Crippen molar-refractivity contribution in [3.05, 3.63) is 107 Å². The Hall–Kier alpha value is -3.97. The molecule has 3 aromatic carbocycles. The van der Waals surface area contributed by atoms with Gasteiger partial charge in [0.05, 0.1) is 10.7 Å². The molecular formula is C28H26N2O4S. The van der Waals surface area contributed by atoms with Gasteiger partial charge >= 0.3 is 5.97 Å². The summed E-state index contributed by atoms with van der Waals surface area (Å²) in [5, 5.41) is 17.0. The second-order valence-electron chi connectivity index (χ2n) is 8.27. The van der Waals surface area contributed by atoms with Crippen LogP contribution in [-0.4, -0.2) is 28.0 Å². The summed E-state index contributed by atoms with van der Waals surface area (Å²) in [5.41, 5.74) is 2.11. The van der Waals surface area contributed by atoms with E-state index in [1.165, 1.54) is 0 Å². The summed E-state index contributed by atoms with van der Waals surface area (Å²) in [5.74, 6) is -0.584. The van der Waals surface area contributed by atoms with E-state index < -0.39 is 17.9 Å². The SMILES string of the molecule is C=CC(C)c1nc(COc2ccc3cc(C(=O)NC(Cc4ccccc4)C(=O)O)ccc3c2)cs1. The first-order valence-electron chi connectivity index (χ1n) is 11.2. The highest BCUT2D eigenvalue weighted by molar-refractivity contribution is 7.09. The van der Waals surface area contributed by atoms with Gasteiger partial charge in [-0.15, -0.1) is 17.9 Å². The van der Waals surface area contributed by atoms with Crippen LogP contribution in [0.5, 0.6) is 5.75 Å². The molecule has 0 saturated carbocycles. The molecule has 0 aliphatic carbocycles. The van der Waals surface area contributed by atoms with Gasteiger partial charge in [0.25, 0.3) is 5.91 Å². The molecule has 35 heavy (non-hydrogen) atoms. The van der Waals surface area contributed by atoms with Gasteiger partial charge in [-0.1, -0.05) is 55.5 Å². The number of aromatic nitrogens is 1. The van der Waals surface area contributed by atoms with E-state index in [1.807, 2.05) is 66.1 Å². The molecule has 7 heteroatoms. The van der Waals surface area contributed by atoms with E-state index in [9.17, 15) is 14.7 Å². The van der Waals surface area contributed by atoms with Crippen molar-refractivity contribution < 1.29 is 19.4 Å². The minimum absolute atomic E-state index is 0.211. The summed E-state index contributed by atoms with van der Waals surface area (Å²) in [6.07, 6.45) is 2.08. The van der Waals surface area contributed by atoms with E-state index in [-0.39, 0.29) is 12.3 Å². The van der Waals surface area contributed by atoms with Crippen LogP contribution in [-0.2, 0) is 17.8 Å². The highest BCUT2D eigenvalue weighted by atomic mass is 32.1. The molecule has 2 N–H and O–H groups in total. The van der Waals surface area contributed by atoms with Crippen LogP contribution < -0.4 is 10.1 Å². The molecule has 0 aliphatic heterocycles. The van der Waals surface area contributed by atoms with Crippen molar-refractivity contribution in [3.8, 4) is 5.75 Å². The third-order valence-electron chi connectivity index (χ3n) is 5.66. The Bertz CT molecular complexity index is 1350. The Morgan fingerprint density at radius 1 is 1.11 bits per heavy atom. The van der Waals surface area contributed by atoms with Gasteiger partial charge in [-0.2, -0.15) is 0 Å². The lowest BCUT2D eigenvalue weighted by Crippen LogP contribution is -2.42. The number of amides is 1. The Morgan fingerprint density at radius 3 is 2.60 bits per heavy atom. The van der Waals surface area contributed by atoms with Gasteiger partial charge in [0, 0.05) is 23.3 Å². The van der Waals surface area contributed by atoms with Crippen molar-refractivity contribution in [3.63, 3.8) is 0 Å². The number of nitrogens with one attached hydrogen (secondary N) is 1. The molecule has 178 valence electrons. The van der Waals surface area contributed by atoms with E-state index in [0.29, 0.717) is 17.9 Å². The molecule has 0 saturated heterocycles. The fraction of sp³-hybridized carbons (Fsp3) is 0.179. The zero-order valence-electron chi connectivity index (χ0n) is 19.3. The van der Waals surface area contributed by atoms with Crippen LogP contribution in [0.1, 0.15) is 39.5 Å². The first kappa shape index (κ1) is 24.2. The van der Waals surface area contributed by atoms with Crippen molar-refractivity contribution in [1.29, 1.82) is 0 Å². The van der Waals surface area contributed by atoms with Gasteiger partial charge in [0.1, 0.15) is 18.4 Å². The van der Waals surface area contributed by atoms with Crippen LogP contribution in [0.25, 0.3) is 10.8 Å². The van der Waals surface area contributed by atoms with E-state index in [4.69, 9.17) is 4.74 Å². The Labute approximate surface area is 207 Å². The topological polar surface area (TPSA) is 88.5 Å². The number of carboxylic acids is 1. The van der Waals surface area contributed by atoms with Gasteiger partial charge in [0.15, 0.2) is 0 Å². The van der Waals surface area contributed by atoms with Crippen LogP contribution >= 0.6 is 11.3 Å².